The number of rotatable bonds is 4. The fourth-order valence-corrected chi connectivity index (χ4v) is 7.08. The van der Waals surface area contributed by atoms with Crippen LogP contribution in [0.5, 0.6) is 23.0 Å². The second-order valence-electron chi connectivity index (χ2n) is 12.8. The summed E-state index contributed by atoms with van der Waals surface area (Å²) in [7, 11) is 0. The van der Waals surface area contributed by atoms with Gasteiger partial charge in [0.25, 0.3) is 0 Å². The minimum Gasteiger partial charge on any atom is -0.508 e. The van der Waals surface area contributed by atoms with E-state index in [1.54, 1.807) is 48.5 Å². The van der Waals surface area contributed by atoms with Crippen LogP contribution in [0.4, 0.5) is 0 Å². The van der Waals surface area contributed by atoms with Crippen LogP contribution in [0.15, 0.2) is 146 Å². The molecule has 52 heavy (non-hydrogen) atoms. The average molecular weight is 681 g/mol. The van der Waals surface area contributed by atoms with Crippen molar-refractivity contribution in [1.29, 1.82) is 0 Å². The first-order valence-corrected chi connectivity index (χ1v) is 16.8. The molecule has 8 nitrogen and oxygen atoms in total. The molecule has 9 rings (SSSR count). The predicted octanol–water partition coefficient (Wildman–Crippen LogP) is 5.12. The molecule has 0 amide bonds. The molecule has 8 bridgehead atoms. The van der Waals surface area contributed by atoms with Crippen molar-refractivity contribution in [3.8, 4) is 23.0 Å². The van der Waals surface area contributed by atoms with Crippen LogP contribution in [-0.4, -0.2) is 40.4 Å². The summed E-state index contributed by atoms with van der Waals surface area (Å²) in [6.45, 7) is 0. The summed E-state index contributed by atoms with van der Waals surface area (Å²) >= 11 is 0. The maximum atomic E-state index is 10.2. The van der Waals surface area contributed by atoms with Gasteiger partial charge in [-0.2, -0.15) is 0 Å². The average Bonchev–Trinajstić information content (AvgIpc) is 3.99. The van der Waals surface area contributed by atoms with Crippen LogP contribution in [0.1, 0.15) is 45.0 Å². The summed E-state index contributed by atoms with van der Waals surface area (Å²) in [6, 6.07) is 45.0. The molecule has 5 heterocycles. The summed E-state index contributed by atoms with van der Waals surface area (Å²) in [5.74, 6) is 0.709. The third-order valence-corrected chi connectivity index (χ3v) is 9.52. The van der Waals surface area contributed by atoms with Crippen molar-refractivity contribution in [1.82, 2.24) is 19.9 Å². The molecular weight excluding hydrogens is 649 g/mol. The summed E-state index contributed by atoms with van der Waals surface area (Å²) in [5.41, 5.74) is 10.6. The highest BCUT2D eigenvalue weighted by Crippen LogP contribution is 2.29. The first kappa shape index (κ1) is 30.7. The summed E-state index contributed by atoms with van der Waals surface area (Å²) in [4.78, 5) is 14.8. The second kappa shape index (κ2) is 12.2. The zero-order valence-corrected chi connectivity index (χ0v) is 27.6. The zero-order valence-electron chi connectivity index (χ0n) is 27.6. The molecule has 8 N–H and O–H groups in total. The molecule has 0 atom stereocenters. The highest BCUT2D eigenvalue weighted by molar-refractivity contribution is 5.85. The van der Waals surface area contributed by atoms with E-state index in [-0.39, 0.29) is 23.0 Å². The lowest BCUT2D eigenvalue weighted by molar-refractivity contribution is 0.474. The first-order valence-electron chi connectivity index (χ1n) is 16.8. The summed E-state index contributed by atoms with van der Waals surface area (Å²) < 4.78 is 0. The van der Waals surface area contributed by atoms with Gasteiger partial charge in [-0.15, -0.1) is 0 Å². The van der Waals surface area contributed by atoms with Gasteiger partial charge in [0.15, 0.2) is 0 Å². The largest absolute Gasteiger partial charge is 0.508 e. The molecule has 0 saturated carbocycles. The zero-order chi connectivity index (χ0) is 35.3. The number of benzene rings is 4. The Morgan fingerprint density at radius 2 is 0.442 bits per heavy atom. The first-order chi connectivity index (χ1) is 25.4. The number of hydrogen-bond donors (Lipinski definition) is 8. The van der Waals surface area contributed by atoms with Crippen LogP contribution in [0, 0.1) is 0 Å². The number of nitrogens with one attached hydrogen (secondary N) is 4. The Hall–Kier alpha value is -7.32. The maximum Gasteiger partial charge on any atom is 0.115 e. The predicted molar refractivity (Wildman–Crippen MR) is 201 cm³/mol. The van der Waals surface area contributed by atoms with Crippen LogP contribution in [-0.2, 0) is 0 Å². The van der Waals surface area contributed by atoms with Crippen LogP contribution in [0.2, 0.25) is 0 Å². The molecule has 0 fully saturated rings. The highest BCUT2D eigenvalue weighted by Gasteiger charge is 2.18. The number of aromatic nitrogens is 4. The van der Waals surface area contributed by atoms with E-state index in [1.165, 1.54) is 0 Å². The van der Waals surface area contributed by atoms with E-state index in [4.69, 9.17) is 0 Å². The van der Waals surface area contributed by atoms with E-state index in [9.17, 15) is 20.4 Å². The number of phenols is 4. The minimum atomic E-state index is 0.177. The number of aromatic hydroxyl groups is 4. The molecule has 4 aromatic carbocycles. The SMILES string of the molecule is Oc1ccc(C2=c3ccc([nH]3)=C(c3ccc(O)cc3)c3ccc([nH]3)C(c3ccc(O)cc3)=c3ccc([nH]3)=C(c3ccc(O)cc3)c3ccc2[nH]3)cc1. The van der Waals surface area contributed by atoms with Crippen molar-refractivity contribution in [2.45, 2.75) is 0 Å². The minimum absolute atomic E-state index is 0.177. The lowest BCUT2D eigenvalue weighted by atomic mass is 10.0. The van der Waals surface area contributed by atoms with Crippen LogP contribution in [0.25, 0.3) is 22.3 Å². The standard InChI is InChI=1S/C44H32N4O4/c49-29-9-1-25(2-10-29)41-33-17-19-35(45-33)42(26-3-11-30(50)12-4-26)37-21-23-39(47-37)44(28-7-15-32(52)16-8-28)40-24-22-38(48-40)43(36-20-18-34(41)46-36)27-5-13-31(51)14-6-27/h1-24,45-52H. The lowest BCUT2D eigenvalue weighted by Gasteiger charge is -2.10. The fourth-order valence-electron chi connectivity index (χ4n) is 7.08. The third kappa shape index (κ3) is 5.45. The van der Waals surface area contributed by atoms with E-state index in [2.05, 4.69) is 68.5 Å². The van der Waals surface area contributed by atoms with Gasteiger partial charge in [-0.05, 0) is 119 Å². The van der Waals surface area contributed by atoms with Crippen LogP contribution in [0.3, 0.4) is 0 Å². The van der Waals surface area contributed by atoms with Gasteiger partial charge < -0.3 is 40.4 Å². The molecular formula is C44H32N4O4. The van der Waals surface area contributed by atoms with E-state index >= 15 is 0 Å². The topological polar surface area (TPSA) is 144 Å². The Labute approximate surface area is 297 Å². The van der Waals surface area contributed by atoms with Gasteiger partial charge in [0.2, 0.25) is 0 Å². The Morgan fingerprint density at radius 1 is 0.231 bits per heavy atom. The van der Waals surface area contributed by atoms with Crippen molar-refractivity contribution in [3.05, 3.63) is 212 Å². The van der Waals surface area contributed by atoms with Crippen LogP contribution < -0.4 is 21.4 Å². The maximum absolute atomic E-state index is 10.2. The van der Waals surface area contributed by atoms with Crippen molar-refractivity contribution >= 4 is 22.3 Å². The van der Waals surface area contributed by atoms with Crippen molar-refractivity contribution in [2.75, 3.05) is 0 Å². The number of aromatic amines is 4. The lowest BCUT2D eigenvalue weighted by Crippen LogP contribution is -2.19. The highest BCUT2D eigenvalue weighted by atomic mass is 16.3. The van der Waals surface area contributed by atoms with E-state index in [0.29, 0.717) is 0 Å². The molecule has 0 aliphatic carbocycles. The van der Waals surface area contributed by atoms with Gasteiger partial charge in [-0.25, -0.2) is 0 Å². The molecule has 252 valence electrons. The Morgan fingerprint density at radius 3 is 0.654 bits per heavy atom. The van der Waals surface area contributed by atoms with Gasteiger partial charge in [0.1, 0.15) is 23.0 Å². The Balaban J connectivity index is 1.43. The third-order valence-electron chi connectivity index (χ3n) is 9.52. The normalized spacial score (nSPS) is 12.8. The molecule has 8 heteroatoms. The Bertz CT molecular complexity index is 2460. The van der Waals surface area contributed by atoms with Crippen molar-refractivity contribution in [3.63, 3.8) is 0 Å². The molecule has 0 radical (unpaired) electrons. The van der Waals surface area contributed by atoms with Gasteiger partial charge in [0.05, 0.1) is 0 Å². The van der Waals surface area contributed by atoms with Gasteiger partial charge >= 0.3 is 0 Å². The van der Waals surface area contributed by atoms with Gasteiger partial charge in [0, 0.05) is 66.5 Å². The van der Waals surface area contributed by atoms with Crippen molar-refractivity contribution in [2.24, 2.45) is 0 Å². The molecule has 1 aliphatic rings. The van der Waals surface area contributed by atoms with E-state index in [0.717, 1.165) is 88.7 Å². The number of fused-ring (bicyclic) bond motifs is 8. The smallest absolute Gasteiger partial charge is 0.115 e. The number of phenolic OH excluding ortho intramolecular Hbond substituents is 4. The Kier molecular flexibility index (Phi) is 7.22. The van der Waals surface area contributed by atoms with Gasteiger partial charge in [-0.3, -0.25) is 0 Å². The van der Waals surface area contributed by atoms with E-state index in [1.807, 2.05) is 48.5 Å². The summed E-state index contributed by atoms with van der Waals surface area (Å²) in [6.07, 6.45) is 0. The second-order valence-corrected chi connectivity index (χ2v) is 12.8. The molecule has 8 aromatic rings. The molecule has 1 aliphatic heterocycles. The van der Waals surface area contributed by atoms with Gasteiger partial charge in [-0.1, -0.05) is 48.5 Å². The molecule has 0 spiro atoms. The molecule has 0 saturated heterocycles. The molecule has 0 unspecified atom stereocenters. The monoisotopic (exact) mass is 680 g/mol. The molecule has 4 aromatic heterocycles. The number of hydrogen-bond acceptors (Lipinski definition) is 4. The van der Waals surface area contributed by atoms with Crippen molar-refractivity contribution < 1.29 is 20.4 Å². The van der Waals surface area contributed by atoms with E-state index < -0.39 is 0 Å². The summed E-state index contributed by atoms with van der Waals surface area (Å²) in [5, 5.41) is 44.1. The fraction of sp³-hybridized carbons (Fsp3) is 0. The number of H-pyrrole nitrogens is 4. The van der Waals surface area contributed by atoms with Crippen LogP contribution >= 0.6 is 0 Å². The quantitative estimate of drug-likeness (QED) is 0.131.